The van der Waals surface area contributed by atoms with E-state index in [-0.39, 0.29) is 0 Å². The molecule has 1 heterocycles. The van der Waals surface area contributed by atoms with E-state index in [9.17, 15) is 0 Å². The lowest BCUT2D eigenvalue weighted by atomic mass is 10.1. The maximum absolute atomic E-state index is 6.22. The minimum atomic E-state index is 0.682. The molecule has 4 heteroatoms. The van der Waals surface area contributed by atoms with E-state index in [0.717, 1.165) is 40.8 Å². The monoisotopic (exact) mass is 274 g/mol. The van der Waals surface area contributed by atoms with Gasteiger partial charge >= 0.3 is 0 Å². The van der Waals surface area contributed by atoms with Crippen LogP contribution in [-0.4, -0.2) is 13.2 Å². The Balaban J connectivity index is 1.92. The molecule has 0 unspecified atom stereocenters. The lowest BCUT2D eigenvalue weighted by Crippen LogP contribution is -2.32. The van der Waals surface area contributed by atoms with Crippen LogP contribution in [0.1, 0.15) is 5.56 Å². The highest BCUT2D eigenvalue weighted by molar-refractivity contribution is 6.31. The Morgan fingerprint density at radius 2 is 2.05 bits per heavy atom. The van der Waals surface area contributed by atoms with Gasteiger partial charge in [0, 0.05) is 17.3 Å². The molecule has 0 saturated heterocycles. The van der Waals surface area contributed by atoms with E-state index < -0.39 is 0 Å². The molecule has 1 aliphatic heterocycles. The molecule has 2 N–H and O–H groups in total. The lowest BCUT2D eigenvalue weighted by Gasteiger charge is -2.31. The first-order valence-electron chi connectivity index (χ1n) is 6.25. The zero-order valence-electron chi connectivity index (χ0n) is 10.5. The number of rotatable bonds is 2. The smallest absolute Gasteiger partial charge is 0.142 e. The maximum Gasteiger partial charge on any atom is 0.142 e. The predicted molar refractivity (Wildman–Crippen MR) is 78.9 cm³/mol. The van der Waals surface area contributed by atoms with Gasteiger partial charge in [0.25, 0.3) is 0 Å². The number of ether oxygens (including phenoxy) is 1. The molecule has 0 saturated carbocycles. The molecule has 3 rings (SSSR count). The highest BCUT2D eigenvalue weighted by Gasteiger charge is 2.19. The van der Waals surface area contributed by atoms with Crippen molar-refractivity contribution in [1.29, 1.82) is 0 Å². The number of benzene rings is 2. The molecule has 0 fully saturated rings. The van der Waals surface area contributed by atoms with Crippen LogP contribution in [0.4, 0.5) is 11.4 Å². The van der Waals surface area contributed by atoms with Gasteiger partial charge in [0.15, 0.2) is 0 Å². The summed E-state index contributed by atoms with van der Waals surface area (Å²) in [7, 11) is 0. The first kappa shape index (κ1) is 12.2. The Morgan fingerprint density at radius 1 is 1.21 bits per heavy atom. The molecule has 0 bridgehead atoms. The van der Waals surface area contributed by atoms with Crippen LogP contribution >= 0.6 is 11.6 Å². The summed E-state index contributed by atoms with van der Waals surface area (Å²) >= 11 is 6.22. The van der Waals surface area contributed by atoms with Gasteiger partial charge in [-0.15, -0.1) is 0 Å². The van der Waals surface area contributed by atoms with Crippen molar-refractivity contribution in [2.75, 3.05) is 23.8 Å². The fourth-order valence-corrected chi connectivity index (χ4v) is 2.48. The van der Waals surface area contributed by atoms with Crippen molar-refractivity contribution < 1.29 is 4.74 Å². The summed E-state index contributed by atoms with van der Waals surface area (Å²) < 4.78 is 5.65. The molecule has 19 heavy (non-hydrogen) atoms. The van der Waals surface area contributed by atoms with Gasteiger partial charge in [0.05, 0.1) is 12.2 Å². The number of halogens is 1. The highest BCUT2D eigenvalue weighted by atomic mass is 35.5. The Kier molecular flexibility index (Phi) is 3.22. The van der Waals surface area contributed by atoms with Crippen molar-refractivity contribution in [3.8, 4) is 5.75 Å². The quantitative estimate of drug-likeness (QED) is 0.854. The van der Waals surface area contributed by atoms with E-state index in [4.69, 9.17) is 22.1 Å². The van der Waals surface area contributed by atoms with E-state index in [1.807, 2.05) is 42.5 Å². The Morgan fingerprint density at radius 3 is 2.89 bits per heavy atom. The van der Waals surface area contributed by atoms with Gasteiger partial charge in [0.2, 0.25) is 0 Å². The summed E-state index contributed by atoms with van der Waals surface area (Å²) in [5.74, 6) is 0.882. The third-order valence-corrected chi connectivity index (χ3v) is 3.63. The molecular weight excluding hydrogens is 260 g/mol. The van der Waals surface area contributed by atoms with Crippen molar-refractivity contribution in [2.24, 2.45) is 0 Å². The van der Waals surface area contributed by atoms with Crippen LogP contribution in [0.3, 0.4) is 0 Å². The molecule has 0 amide bonds. The maximum atomic E-state index is 6.22. The van der Waals surface area contributed by atoms with Crippen LogP contribution in [0.15, 0.2) is 42.5 Å². The molecule has 0 radical (unpaired) electrons. The SMILES string of the molecule is Nc1ccc2c(c1)N(Cc1ccccc1Cl)CCO2. The van der Waals surface area contributed by atoms with Crippen molar-refractivity contribution in [3.63, 3.8) is 0 Å². The predicted octanol–water partition coefficient (Wildman–Crippen LogP) is 3.32. The Hall–Kier alpha value is -1.87. The van der Waals surface area contributed by atoms with Crippen LogP contribution in [0.5, 0.6) is 5.75 Å². The average Bonchev–Trinajstić information content (AvgIpc) is 2.42. The number of anilines is 2. The molecule has 3 nitrogen and oxygen atoms in total. The standard InChI is InChI=1S/C15H15ClN2O/c16-13-4-2-1-3-11(13)10-18-7-8-19-15-6-5-12(17)9-14(15)18/h1-6,9H,7-8,10,17H2. The molecule has 98 valence electrons. The summed E-state index contributed by atoms with van der Waals surface area (Å²) in [4.78, 5) is 2.25. The van der Waals surface area contributed by atoms with Crippen molar-refractivity contribution in [3.05, 3.63) is 53.1 Å². The van der Waals surface area contributed by atoms with E-state index in [1.54, 1.807) is 0 Å². The van der Waals surface area contributed by atoms with Crippen LogP contribution in [0.2, 0.25) is 5.02 Å². The first-order valence-corrected chi connectivity index (χ1v) is 6.62. The molecule has 0 atom stereocenters. The number of fused-ring (bicyclic) bond motifs is 1. The van der Waals surface area contributed by atoms with Crippen LogP contribution in [0.25, 0.3) is 0 Å². The van der Waals surface area contributed by atoms with Gasteiger partial charge in [-0.1, -0.05) is 29.8 Å². The molecule has 1 aliphatic rings. The van der Waals surface area contributed by atoms with Crippen molar-refractivity contribution in [2.45, 2.75) is 6.54 Å². The minimum absolute atomic E-state index is 0.682. The van der Waals surface area contributed by atoms with Gasteiger partial charge in [0.1, 0.15) is 12.4 Å². The van der Waals surface area contributed by atoms with E-state index in [0.29, 0.717) is 6.61 Å². The number of nitrogens with two attached hydrogens (primary N) is 1. The summed E-state index contributed by atoms with van der Waals surface area (Å²) in [6.07, 6.45) is 0. The van der Waals surface area contributed by atoms with E-state index >= 15 is 0 Å². The summed E-state index contributed by atoms with van der Waals surface area (Å²) in [5, 5.41) is 0.791. The van der Waals surface area contributed by atoms with Gasteiger partial charge in [-0.25, -0.2) is 0 Å². The van der Waals surface area contributed by atoms with Gasteiger partial charge in [-0.2, -0.15) is 0 Å². The average molecular weight is 275 g/mol. The van der Waals surface area contributed by atoms with Gasteiger partial charge < -0.3 is 15.4 Å². The third kappa shape index (κ3) is 2.47. The Labute approximate surface area is 117 Å². The number of nitrogen functional groups attached to an aromatic ring is 1. The fourth-order valence-electron chi connectivity index (χ4n) is 2.29. The van der Waals surface area contributed by atoms with Crippen molar-refractivity contribution in [1.82, 2.24) is 0 Å². The zero-order chi connectivity index (χ0) is 13.2. The largest absolute Gasteiger partial charge is 0.490 e. The number of hydrogen-bond donors (Lipinski definition) is 1. The molecule has 0 aromatic heterocycles. The highest BCUT2D eigenvalue weighted by Crippen LogP contribution is 2.34. The minimum Gasteiger partial charge on any atom is -0.490 e. The molecule has 2 aromatic carbocycles. The van der Waals surface area contributed by atoms with Crippen LogP contribution in [0, 0.1) is 0 Å². The molecule has 0 aliphatic carbocycles. The molecule has 2 aromatic rings. The second-order valence-electron chi connectivity index (χ2n) is 4.59. The van der Waals surface area contributed by atoms with Crippen molar-refractivity contribution >= 4 is 23.0 Å². The Bertz CT molecular complexity index is 600. The topological polar surface area (TPSA) is 38.5 Å². The lowest BCUT2D eigenvalue weighted by molar-refractivity contribution is 0.307. The van der Waals surface area contributed by atoms with Crippen LogP contribution < -0.4 is 15.4 Å². The molecule has 0 spiro atoms. The second-order valence-corrected chi connectivity index (χ2v) is 5.00. The zero-order valence-corrected chi connectivity index (χ0v) is 11.2. The second kappa shape index (κ2) is 5.02. The summed E-state index contributed by atoms with van der Waals surface area (Å²) in [6.45, 7) is 2.28. The van der Waals surface area contributed by atoms with E-state index in [1.165, 1.54) is 0 Å². The molecular formula is C15H15ClN2O. The number of hydrogen-bond acceptors (Lipinski definition) is 3. The fraction of sp³-hybridized carbons (Fsp3) is 0.200. The number of nitrogens with zero attached hydrogens (tertiary/aromatic N) is 1. The summed E-state index contributed by atoms with van der Waals surface area (Å²) in [6, 6.07) is 13.6. The van der Waals surface area contributed by atoms with E-state index in [2.05, 4.69) is 4.90 Å². The normalized spacial score (nSPS) is 13.8. The van der Waals surface area contributed by atoms with Gasteiger partial charge in [-0.05, 0) is 29.8 Å². The van der Waals surface area contributed by atoms with Gasteiger partial charge in [-0.3, -0.25) is 0 Å². The first-order chi connectivity index (χ1) is 9.24. The van der Waals surface area contributed by atoms with Crippen LogP contribution in [-0.2, 0) is 6.54 Å². The third-order valence-electron chi connectivity index (χ3n) is 3.26. The summed E-state index contributed by atoms with van der Waals surface area (Å²) in [5.41, 5.74) is 8.75.